The number of hydrogen-bond donors (Lipinski definition) is 3. The third-order valence-electron chi connectivity index (χ3n) is 3.42. The molecule has 0 radical (unpaired) electrons. The molecular weight excluding hydrogens is 322 g/mol. The lowest BCUT2D eigenvalue weighted by molar-refractivity contribution is 0.100. The summed E-state index contributed by atoms with van der Waals surface area (Å²) in [6.45, 7) is 0. The molecule has 2 aromatic rings. The molecule has 0 saturated heterocycles. The van der Waals surface area contributed by atoms with Gasteiger partial charge in [0.1, 0.15) is 17.8 Å². The van der Waals surface area contributed by atoms with Gasteiger partial charge in [-0.2, -0.15) is 0 Å². The summed E-state index contributed by atoms with van der Waals surface area (Å²) in [5.74, 6) is 0.134. The van der Waals surface area contributed by atoms with Gasteiger partial charge in [0.2, 0.25) is 0 Å². The first-order valence-corrected chi connectivity index (χ1v) is 7.20. The quantitative estimate of drug-likeness (QED) is 0.801. The maximum atomic E-state index is 11.5. The average molecular weight is 336 g/mol. The van der Waals surface area contributed by atoms with E-state index in [4.69, 9.17) is 5.73 Å². The molecule has 0 fully saturated rings. The standard InChI is InChI=1S/C13H14BrN5O/c14-8-3-1-2-4-9(8)19-13-10-7(11(15)20)5-16-12(10)17-6-18-13/h3,5-6,9H,1-2,4H2,(H2,15,20)(H2,16,17,18,19)/t9-/m0/s1. The van der Waals surface area contributed by atoms with Crippen molar-refractivity contribution in [3.05, 3.63) is 28.6 Å². The largest absolute Gasteiger partial charge is 0.366 e. The number of rotatable bonds is 3. The molecule has 0 spiro atoms. The Labute approximate surface area is 124 Å². The Morgan fingerprint density at radius 1 is 1.50 bits per heavy atom. The first-order valence-electron chi connectivity index (χ1n) is 6.41. The predicted octanol–water partition coefficient (Wildman–Crippen LogP) is 2.30. The van der Waals surface area contributed by atoms with Gasteiger partial charge in [-0.3, -0.25) is 4.79 Å². The van der Waals surface area contributed by atoms with Gasteiger partial charge in [-0.25, -0.2) is 9.97 Å². The Hall–Kier alpha value is -1.89. The highest BCUT2D eigenvalue weighted by Gasteiger charge is 2.20. The lowest BCUT2D eigenvalue weighted by Gasteiger charge is -2.22. The molecule has 6 nitrogen and oxygen atoms in total. The summed E-state index contributed by atoms with van der Waals surface area (Å²) in [5.41, 5.74) is 6.40. The summed E-state index contributed by atoms with van der Waals surface area (Å²) >= 11 is 3.57. The van der Waals surface area contributed by atoms with E-state index < -0.39 is 5.91 Å². The number of fused-ring (bicyclic) bond motifs is 1. The van der Waals surface area contributed by atoms with Crippen molar-refractivity contribution in [2.75, 3.05) is 5.32 Å². The van der Waals surface area contributed by atoms with Crippen LogP contribution in [0.15, 0.2) is 23.1 Å². The van der Waals surface area contributed by atoms with E-state index in [0.717, 1.165) is 23.7 Å². The Balaban J connectivity index is 2.02. The molecule has 1 aliphatic rings. The van der Waals surface area contributed by atoms with Gasteiger partial charge in [-0.15, -0.1) is 0 Å². The number of carbonyl (C=O) groups is 1. The van der Waals surface area contributed by atoms with Crippen LogP contribution in [0.3, 0.4) is 0 Å². The fourth-order valence-corrected chi connectivity index (χ4v) is 2.99. The van der Waals surface area contributed by atoms with E-state index in [1.54, 1.807) is 6.20 Å². The van der Waals surface area contributed by atoms with E-state index in [-0.39, 0.29) is 6.04 Å². The molecule has 20 heavy (non-hydrogen) atoms. The molecule has 7 heteroatoms. The minimum absolute atomic E-state index is 0.164. The Morgan fingerprint density at radius 3 is 3.10 bits per heavy atom. The number of aromatic nitrogens is 3. The number of aromatic amines is 1. The molecule has 0 unspecified atom stereocenters. The molecular formula is C13H14BrN5O. The van der Waals surface area contributed by atoms with Crippen LogP contribution in [-0.4, -0.2) is 26.9 Å². The molecule has 0 saturated carbocycles. The van der Waals surface area contributed by atoms with E-state index in [1.807, 2.05) is 0 Å². The van der Waals surface area contributed by atoms with E-state index in [1.165, 1.54) is 6.33 Å². The molecule has 1 atom stereocenters. The van der Waals surface area contributed by atoms with Crippen LogP contribution in [0.1, 0.15) is 29.6 Å². The molecule has 2 aromatic heterocycles. The minimum Gasteiger partial charge on any atom is -0.366 e. The number of primary amides is 1. The van der Waals surface area contributed by atoms with Crippen LogP contribution >= 0.6 is 15.9 Å². The zero-order valence-corrected chi connectivity index (χ0v) is 12.3. The van der Waals surface area contributed by atoms with Crippen molar-refractivity contribution in [1.82, 2.24) is 15.0 Å². The van der Waals surface area contributed by atoms with Crippen LogP contribution in [-0.2, 0) is 0 Å². The molecule has 1 amide bonds. The molecule has 0 bridgehead atoms. The van der Waals surface area contributed by atoms with Crippen molar-refractivity contribution in [2.45, 2.75) is 25.3 Å². The number of allylic oxidation sites excluding steroid dienone is 1. The summed E-state index contributed by atoms with van der Waals surface area (Å²) in [6, 6.07) is 0.164. The van der Waals surface area contributed by atoms with Gasteiger partial charge >= 0.3 is 0 Å². The van der Waals surface area contributed by atoms with Crippen LogP contribution < -0.4 is 11.1 Å². The van der Waals surface area contributed by atoms with E-state index >= 15 is 0 Å². The fraction of sp³-hybridized carbons (Fsp3) is 0.308. The topological polar surface area (TPSA) is 96.7 Å². The van der Waals surface area contributed by atoms with Crippen molar-refractivity contribution in [3.63, 3.8) is 0 Å². The number of nitrogens with one attached hydrogen (secondary N) is 2. The van der Waals surface area contributed by atoms with Gasteiger partial charge in [0, 0.05) is 10.7 Å². The first kappa shape index (κ1) is 13.1. The number of nitrogens with zero attached hydrogens (tertiary/aromatic N) is 2. The van der Waals surface area contributed by atoms with Crippen molar-refractivity contribution >= 4 is 38.7 Å². The second-order valence-corrected chi connectivity index (χ2v) is 5.64. The molecule has 3 rings (SSSR count). The number of amides is 1. The summed E-state index contributed by atoms with van der Waals surface area (Å²) in [4.78, 5) is 22.8. The maximum Gasteiger partial charge on any atom is 0.251 e. The van der Waals surface area contributed by atoms with Crippen LogP contribution in [0.25, 0.3) is 11.0 Å². The Bertz CT molecular complexity index is 693. The number of nitrogens with two attached hydrogens (primary N) is 1. The normalized spacial score (nSPS) is 18.9. The monoisotopic (exact) mass is 335 g/mol. The van der Waals surface area contributed by atoms with Gasteiger partial charge in [-0.05, 0) is 19.3 Å². The van der Waals surface area contributed by atoms with Crippen LogP contribution in [0.2, 0.25) is 0 Å². The molecule has 1 aliphatic carbocycles. The molecule has 2 heterocycles. The van der Waals surface area contributed by atoms with Gasteiger partial charge in [0.05, 0.1) is 17.0 Å². The Kier molecular flexibility index (Phi) is 3.43. The van der Waals surface area contributed by atoms with Crippen molar-refractivity contribution in [1.29, 1.82) is 0 Å². The lowest BCUT2D eigenvalue weighted by Crippen LogP contribution is -2.23. The van der Waals surface area contributed by atoms with Crippen LogP contribution in [0.5, 0.6) is 0 Å². The maximum absolute atomic E-state index is 11.5. The highest BCUT2D eigenvalue weighted by Crippen LogP contribution is 2.29. The second-order valence-electron chi connectivity index (χ2n) is 4.73. The number of carbonyl (C=O) groups excluding carboxylic acids is 1. The smallest absolute Gasteiger partial charge is 0.251 e. The van der Waals surface area contributed by atoms with Crippen molar-refractivity contribution in [3.8, 4) is 0 Å². The molecule has 104 valence electrons. The summed E-state index contributed by atoms with van der Waals surface area (Å²) in [7, 11) is 0. The average Bonchev–Trinajstić information content (AvgIpc) is 2.86. The summed E-state index contributed by atoms with van der Waals surface area (Å²) in [5, 5.41) is 4.01. The number of H-pyrrole nitrogens is 1. The van der Waals surface area contributed by atoms with Crippen LogP contribution in [0, 0.1) is 0 Å². The van der Waals surface area contributed by atoms with Gasteiger partial charge in [0.15, 0.2) is 0 Å². The van der Waals surface area contributed by atoms with E-state index in [0.29, 0.717) is 22.4 Å². The van der Waals surface area contributed by atoms with Gasteiger partial charge < -0.3 is 16.0 Å². The first-order chi connectivity index (χ1) is 9.66. The Morgan fingerprint density at radius 2 is 2.35 bits per heavy atom. The zero-order chi connectivity index (χ0) is 14.1. The molecule has 0 aromatic carbocycles. The van der Waals surface area contributed by atoms with E-state index in [9.17, 15) is 4.79 Å². The van der Waals surface area contributed by atoms with E-state index in [2.05, 4.69) is 42.3 Å². The third-order valence-corrected chi connectivity index (χ3v) is 4.29. The molecule has 4 N–H and O–H groups in total. The fourth-order valence-electron chi connectivity index (χ4n) is 2.41. The summed E-state index contributed by atoms with van der Waals surface area (Å²) < 4.78 is 1.12. The number of halogens is 1. The summed E-state index contributed by atoms with van der Waals surface area (Å²) in [6.07, 6.45) is 8.40. The van der Waals surface area contributed by atoms with Gasteiger partial charge in [0.25, 0.3) is 5.91 Å². The SMILES string of the molecule is NC(=O)c1c[nH]c2ncnc(N[C@H]3CCCC=C3Br)c12. The zero-order valence-electron chi connectivity index (χ0n) is 10.7. The highest BCUT2D eigenvalue weighted by atomic mass is 79.9. The van der Waals surface area contributed by atoms with Gasteiger partial charge in [-0.1, -0.05) is 22.0 Å². The highest BCUT2D eigenvalue weighted by molar-refractivity contribution is 9.11. The predicted molar refractivity (Wildman–Crippen MR) is 80.7 cm³/mol. The number of hydrogen-bond acceptors (Lipinski definition) is 4. The second kappa shape index (κ2) is 5.24. The van der Waals surface area contributed by atoms with Crippen molar-refractivity contribution < 1.29 is 4.79 Å². The third kappa shape index (κ3) is 2.29. The molecule has 0 aliphatic heterocycles. The van der Waals surface area contributed by atoms with Crippen LogP contribution in [0.4, 0.5) is 5.82 Å². The lowest BCUT2D eigenvalue weighted by atomic mass is 10.0. The number of anilines is 1. The minimum atomic E-state index is -0.493. The van der Waals surface area contributed by atoms with Crippen molar-refractivity contribution in [2.24, 2.45) is 5.73 Å².